The van der Waals surface area contributed by atoms with Gasteiger partial charge in [-0.1, -0.05) is 0 Å². The molecular weight excluding hydrogens is 192 g/mol. The molecule has 1 fully saturated rings. The second-order valence-corrected chi connectivity index (χ2v) is 4.17. The molecule has 1 heterocycles. The van der Waals surface area contributed by atoms with E-state index in [0.29, 0.717) is 12.7 Å². The Bertz CT molecular complexity index is 159. The maximum atomic E-state index is 5.91. The summed E-state index contributed by atoms with van der Waals surface area (Å²) < 4.78 is 10.6. The van der Waals surface area contributed by atoms with Gasteiger partial charge >= 0.3 is 0 Å². The highest BCUT2D eigenvalue weighted by atomic mass is 16.5. The van der Waals surface area contributed by atoms with Gasteiger partial charge in [-0.05, 0) is 19.8 Å². The molecule has 1 rings (SSSR count). The second kappa shape index (κ2) is 7.17. The predicted octanol–water partition coefficient (Wildman–Crippen LogP) is 0.461. The third kappa shape index (κ3) is 4.93. The van der Waals surface area contributed by atoms with Gasteiger partial charge in [-0.25, -0.2) is 0 Å². The number of rotatable bonds is 6. The Morgan fingerprint density at radius 2 is 2.07 bits per heavy atom. The van der Waals surface area contributed by atoms with Crippen LogP contribution in [-0.4, -0.2) is 57.0 Å². The van der Waals surface area contributed by atoms with E-state index in [1.54, 1.807) is 7.11 Å². The first-order chi connectivity index (χ1) is 7.26. The lowest BCUT2D eigenvalue weighted by Crippen LogP contribution is -2.45. The van der Waals surface area contributed by atoms with Crippen LogP contribution in [0.5, 0.6) is 0 Å². The smallest absolute Gasteiger partial charge is 0.0626 e. The molecular formula is C11H24N2O2. The van der Waals surface area contributed by atoms with Crippen molar-refractivity contribution in [3.05, 3.63) is 0 Å². The summed E-state index contributed by atoms with van der Waals surface area (Å²) in [6.07, 6.45) is 2.73. The molecule has 1 unspecified atom stereocenters. The Labute approximate surface area is 92.7 Å². The van der Waals surface area contributed by atoms with E-state index >= 15 is 0 Å². The van der Waals surface area contributed by atoms with Crippen LogP contribution in [0.15, 0.2) is 0 Å². The summed E-state index contributed by atoms with van der Waals surface area (Å²) in [6.45, 7) is 6.66. The lowest BCUT2D eigenvalue weighted by atomic mass is 10.1. The van der Waals surface area contributed by atoms with Crippen LogP contribution in [0.1, 0.15) is 19.8 Å². The number of nitrogens with two attached hydrogens (primary N) is 1. The van der Waals surface area contributed by atoms with E-state index in [4.69, 9.17) is 15.2 Å². The quantitative estimate of drug-likeness (QED) is 0.701. The lowest BCUT2D eigenvalue weighted by molar-refractivity contribution is 0.0113. The van der Waals surface area contributed by atoms with Crippen molar-refractivity contribution in [3.63, 3.8) is 0 Å². The zero-order chi connectivity index (χ0) is 11.1. The molecule has 15 heavy (non-hydrogen) atoms. The summed E-state index contributed by atoms with van der Waals surface area (Å²) in [5.74, 6) is 0. The van der Waals surface area contributed by atoms with E-state index in [9.17, 15) is 0 Å². The summed E-state index contributed by atoms with van der Waals surface area (Å²) in [6, 6.07) is 0.138. The predicted molar refractivity (Wildman–Crippen MR) is 60.9 cm³/mol. The van der Waals surface area contributed by atoms with Crippen molar-refractivity contribution in [2.75, 3.05) is 40.0 Å². The van der Waals surface area contributed by atoms with Crippen LogP contribution < -0.4 is 5.73 Å². The van der Waals surface area contributed by atoms with Crippen LogP contribution in [0.4, 0.5) is 0 Å². The van der Waals surface area contributed by atoms with Gasteiger partial charge in [0, 0.05) is 39.4 Å². The molecule has 4 nitrogen and oxygen atoms in total. The summed E-state index contributed by atoms with van der Waals surface area (Å²) in [7, 11) is 1.70. The highest BCUT2D eigenvalue weighted by Crippen LogP contribution is 2.13. The van der Waals surface area contributed by atoms with E-state index in [-0.39, 0.29) is 6.04 Å². The Balaban J connectivity index is 2.14. The first-order valence-electron chi connectivity index (χ1n) is 5.84. The first kappa shape index (κ1) is 12.9. The molecule has 0 aromatic rings. The van der Waals surface area contributed by atoms with E-state index in [2.05, 4.69) is 11.8 Å². The SMILES string of the molecule is CCOC1CCN(CC(N)COC)CC1. The Morgan fingerprint density at radius 1 is 1.40 bits per heavy atom. The molecule has 0 aromatic heterocycles. The highest BCUT2D eigenvalue weighted by Gasteiger charge is 2.20. The van der Waals surface area contributed by atoms with Gasteiger partial charge in [-0.15, -0.1) is 0 Å². The third-order valence-electron chi connectivity index (χ3n) is 2.81. The topological polar surface area (TPSA) is 47.7 Å². The minimum absolute atomic E-state index is 0.138. The van der Waals surface area contributed by atoms with E-state index in [0.717, 1.165) is 39.1 Å². The lowest BCUT2D eigenvalue weighted by Gasteiger charge is -2.33. The normalized spacial score (nSPS) is 21.8. The fourth-order valence-corrected chi connectivity index (χ4v) is 2.09. The number of piperidine rings is 1. The van der Waals surface area contributed by atoms with Crippen LogP contribution in [0.3, 0.4) is 0 Å². The molecule has 0 saturated carbocycles. The molecule has 0 aromatic carbocycles. The third-order valence-corrected chi connectivity index (χ3v) is 2.81. The summed E-state index contributed by atoms with van der Waals surface area (Å²) in [5, 5.41) is 0. The van der Waals surface area contributed by atoms with Crippen LogP contribution in [0.25, 0.3) is 0 Å². The number of hydrogen-bond donors (Lipinski definition) is 1. The van der Waals surface area contributed by atoms with Crippen molar-refractivity contribution in [1.29, 1.82) is 0 Å². The molecule has 0 aliphatic carbocycles. The van der Waals surface area contributed by atoms with Crippen molar-refractivity contribution in [1.82, 2.24) is 4.90 Å². The molecule has 1 atom stereocenters. The van der Waals surface area contributed by atoms with Gasteiger partial charge in [-0.2, -0.15) is 0 Å². The Hall–Kier alpha value is -0.160. The fraction of sp³-hybridized carbons (Fsp3) is 1.00. The molecule has 2 N–H and O–H groups in total. The standard InChI is InChI=1S/C11H24N2O2/c1-3-15-11-4-6-13(7-5-11)8-10(12)9-14-2/h10-11H,3-9,12H2,1-2H3. The van der Waals surface area contributed by atoms with Crippen LogP contribution in [0, 0.1) is 0 Å². The number of likely N-dealkylation sites (tertiary alicyclic amines) is 1. The van der Waals surface area contributed by atoms with Gasteiger partial charge in [0.1, 0.15) is 0 Å². The van der Waals surface area contributed by atoms with Gasteiger partial charge in [0.15, 0.2) is 0 Å². The molecule has 1 aliphatic heterocycles. The molecule has 90 valence electrons. The molecule has 1 saturated heterocycles. The number of methoxy groups -OCH3 is 1. The van der Waals surface area contributed by atoms with Crippen LogP contribution >= 0.6 is 0 Å². The van der Waals surface area contributed by atoms with Gasteiger partial charge in [0.2, 0.25) is 0 Å². The number of hydrogen-bond acceptors (Lipinski definition) is 4. The molecule has 0 bridgehead atoms. The molecule has 1 aliphatic rings. The van der Waals surface area contributed by atoms with Crippen molar-refractivity contribution >= 4 is 0 Å². The maximum Gasteiger partial charge on any atom is 0.0626 e. The Morgan fingerprint density at radius 3 is 2.60 bits per heavy atom. The average molecular weight is 216 g/mol. The molecule has 0 spiro atoms. The minimum atomic E-state index is 0.138. The molecule has 0 amide bonds. The summed E-state index contributed by atoms with van der Waals surface area (Å²) in [5.41, 5.74) is 5.91. The van der Waals surface area contributed by atoms with Gasteiger partial charge in [-0.3, -0.25) is 0 Å². The van der Waals surface area contributed by atoms with E-state index in [1.807, 2.05) is 0 Å². The van der Waals surface area contributed by atoms with Gasteiger partial charge in [0.05, 0.1) is 12.7 Å². The second-order valence-electron chi connectivity index (χ2n) is 4.17. The zero-order valence-electron chi connectivity index (χ0n) is 9.95. The van der Waals surface area contributed by atoms with Crippen molar-refractivity contribution in [2.24, 2.45) is 5.73 Å². The fourth-order valence-electron chi connectivity index (χ4n) is 2.09. The number of ether oxygens (including phenoxy) is 2. The zero-order valence-corrected chi connectivity index (χ0v) is 9.95. The summed E-state index contributed by atoms with van der Waals surface area (Å²) >= 11 is 0. The van der Waals surface area contributed by atoms with Crippen molar-refractivity contribution in [2.45, 2.75) is 31.9 Å². The van der Waals surface area contributed by atoms with Gasteiger partial charge in [0.25, 0.3) is 0 Å². The van der Waals surface area contributed by atoms with Crippen LogP contribution in [0.2, 0.25) is 0 Å². The summed E-state index contributed by atoms with van der Waals surface area (Å²) in [4.78, 5) is 2.40. The molecule has 4 heteroatoms. The largest absolute Gasteiger partial charge is 0.383 e. The van der Waals surface area contributed by atoms with Crippen molar-refractivity contribution in [3.8, 4) is 0 Å². The number of nitrogens with zero attached hydrogens (tertiary/aromatic N) is 1. The average Bonchev–Trinajstić information content (AvgIpc) is 2.22. The maximum absolute atomic E-state index is 5.91. The van der Waals surface area contributed by atoms with Crippen molar-refractivity contribution < 1.29 is 9.47 Å². The highest BCUT2D eigenvalue weighted by molar-refractivity contribution is 4.75. The van der Waals surface area contributed by atoms with Gasteiger partial charge < -0.3 is 20.1 Å². The first-order valence-corrected chi connectivity index (χ1v) is 5.84. The minimum Gasteiger partial charge on any atom is -0.383 e. The van der Waals surface area contributed by atoms with E-state index in [1.165, 1.54) is 0 Å². The monoisotopic (exact) mass is 216 g/mol. The van der Waals surface area contributed by atoms with Crippen LogP contribution in [-0.2, 0) is 9.47 Å². The Kier molecular flexibility index (Phi) is 6.17. The molecule has 0 radical (unpaired) electrons. The van der Waals surface area contributed by atoms with E-state index < -0.39 is 0 Å².